The van der Waals surface area contributed by atoms with Gasteiger partial charge in [0.15, 0.2) is 0 Å². The quantitative estimate of drug-likeness (QED) is 0.196. The Morgan fingerprint density at radius 2 is 1.38 bits per heavy atom. The van der Waals surface area contributed by atoms with Crippen LogP contribution in [0.2, 0.25) is 0 Å². The summed E-state index contributed by atoms with van der Waals surface area (Å²) in [6, 6.07) is 19.0. The summed E-state index contributed by atoms with van der Waals surface area (Å²) in [6.45, 7) is 3.02. The second-order valence-electron chi connectivity index (χ2n) is 8.25. The normalized spacial score (nSPS) is 12.1. The summed E-state index contributed by atoms with van der Waals surface area (Å²) in [5.74, 6) is 0. The van der Waals surface area contributed by atoms with Gasteiger partial charge in [-0.3, -0.25) is 15.0 Å². The molecule has 0 heterocycles. The molecule has 0 saturated heterocycles. The fourth-order valence-electron chi connectivity index (χ4n) is 3.91. The molecule has 180 valence electrons. The van der Waals surface area contributed by atoms with Gasteiger partial charge in [0.25, 0.3) is 0 Å². The first-order chi connectivity index (χ1) is 16.1. The van der Waals surface area contributed by atoms with E-state index in [1.54, 1.807) is 7.05 Å². The number of likely N-dealkylation sites (N-methyl/N-ethyl adjacent to an activating group) is 1. The SMILES string of the molecule is CCCC[C@H](CN(N=O)[C@@H](Cc1ccccc1)CN(C)N=O)N(CCc1ccccc1)N=O.[H-].[Na+]. The summed E-state index contributed by atoms with van der Waals surface area (Å²) < 4.78 is 0. The molecule has 9 nitrogen and oxygen atoms in total. The molecule has 10 heteroatoms. The van der Waals surface area contributed by atoms with E-state index in [0.717, 1.165) is 24.0 Å². The van der Waals surface area contributed by atoms with Crippen LogP contribution in [0.25, 0.3) is 0 Å². The summed E-state index contributed by atoms with van der Waals surface area (Å²) in [5.41, 5.74) is 2.14. The van der Waals surface area contributed by atoms with E-state index in [4.69, 9.17) is 0 Å². The van der Waals surface area contributed by atoms with Crippen molar-refractivity contribution in [2.24, 2.45) is 15.9 Å². The molecule has 0 radical (unpaired) electrons. The molecule has 0 amide bonds. The van der Waals surface area contributed by atoms with E-state index in [1.165, 1.54) is 15.0 Å². The Balaban J connectivity index is 0.00000578. The van der Waals surface area contributed by atoms with Crippen molar-refractivity contribution in [2.75, 3.05) is 26.7 Å². The van der Waals surface area contributed by atoms with Gasteiger partial charge in [0.05, 0.1) is 41.0 Å². The van der Waals surface area contributed by atoms with Crippen LogP contribution >= 0.6 is 0 Å². The molecule has 0 fully saturated rings. The first kappa shape index (κ1) is 29.7. The molecule has 2 aromatic rings. The van der Waals surface area contributed by atoms with Gasteiger partial charge in [0, 0.05) is 13.6 Å². The maximum absolute atomic E-state index is 11.9. The van der Waals surface area contributed by atoms with Gasteiger partial charge in [-0.2, -0.15) is 0 Å². The van der Waals surface area contributed by atoms with Crippen LogP contribution in [0.3, 0.4) is 0 Å². The number of rotatable bonds is 17. The van der Waals surface area contributed by atoms with Gasteiger partial charge in [-0.05, 0) is 30.4 Å². The van der Waals surface area contributed by atoms with Crippen molar-refractivity contribution in [1.29, 1.82) is 0 Å². The monoisotopic (exact) mass is 478 g/mol. The van der Waals surface area contributed by atoms with Gasteiger partial charge in [0.1, 0.15) is 0 Å². The summed E-state index contributed by atoms with van der Waals surface area (Å²) in [7, 11) is 1.57. The molecule has 0 aromatic heterocycles. The van der Waals surface area contributed by atoms with Crippen molar-refractivity contribution in [3.8, 4) is 0 Å². The Labute approximate surface area is 225 Å². The minimum absolute atomic E-state index is 0. The van der Waals surface area contributed by atoms with E-state index in [9.17, 15) is 14.7 Å². The number of hydrogen-bond donors (Lipinski definition) is 0. The average Bonchev–Trinajstić information content (AvgIpc) is 2.86. The molecule has 2 atom stereocenters. The van der Waals surface area contributed by atoms with Gasteiger partial charge in [0.2, 0.25) is 0 Å². The van der Waals surface area contributed by atoms with E-state index >= 15 is 0 Å². The molecule has 0 aliphatic rings. The number of nitrogens with zero attached hydrogens (tertiary/aromatic N) is 6. The molecule has 0 unspecified atom stereocenters. The molecule has 0 N–H and O–H groups in total. The Bertz CT molecular complexity index is 837. The van der Waals surface area contributed by atoms with E-state index in [-0.39, 0.29) is 56.2 Å². The molecule has 0 spiro atoms. The van der Waals surface area contributed by atoms with Crippen LogP contribution in [0.5, 0.6) is 0 Å². The molecule has 0 aliphatic heterocycles. The van der Waals surface area contributed by atoms with Crippen LogP contribution in [0, 0.1) is 14.7 Å². The van der Waals surface area contributed by atoms with Gasteiger partial charge >= 0.3 is 29.6 Å². The molecule has 2 aromatic carbocycles. The topological polar surface area (TPSA) is 98.0 Å². The van der Waals surface area contributed by atoms with E-state index in [0.29, 0.717) is 25.8 Å². The predicted molar refractivity (Wildman–Crippen MR) is 132 cm³/mol. The third-order valence-electron chi connectivity index (χ3n) is 5.74. The Morgan fingerprint density at radius 1 is 0.794 bits per heavy atom. The molecule has 0 bridgehead atoms. The zero-order chi connectivity index (χ0) is 23.9. The van der Waals surface area contributed by atoms with Crippen molar-refractivity contribution in [1.82, 2.24) is 15.0 Å². The second-order valence-corrected chi connectivity index (χ2v) is 8.25. The Kier molecular flexibility index (Phi) is 14.9. The van der Waals surface area contributed by atoms with Crippen LogP contribution in [0.1, 0.15) is 38.7 Å². The van der Waals surface area contributed by atoms with Gasteiger partial charge in [-0.1, -0.05) is 80.4 Å². The first-order valence-corrected chi connectivity index (χ1v) is 11.4. The molecule has 2 rings (SSSR count). The number of benzene rings is 2. The van der Waals surface area contributed by atoms with Crippen LogP contribution in [0.15, 0.2) is 76.5 Å². The summed E-state index contributed by atoms with van der Waals surface area (Å²) in [4.78, 5) is 34.7. The van der Waals surface area contributed by atoms with Crippen molar-refractivity contribution in [3.05, 3.63) is 86.5 Å². The maximum atomic E-state index is 11.9. The van der Waals surface area contributed by atoms with Crippen molar-refractivity contribution < 1.29 is 31.0 Å². The molecular formula is C24H35N6NaO3. The van der Waals surface area contributed by atoms with E-state index in [2.05, 4.69) is 22.8 Å². The second kappa shape index (κ2) is 17.1. The van der Waals surface area contributed by atoms with Gasteiger partial charge in [-0.15, -0.1) is 14.7 Å². The third kappa shape index (κ3) is 10.3. The first-order valence-electron chi connectivity index (χ1n) is 11.4. The number of nitroso groups, excluding NO2 is 3. The molecule has 0 aliphatic carbocycles. The molecule has 0 saturated carbocycles. The Morgan fingerprint density at radius 3 is 1.91 bits per heavy atom. The Hall–Kier alpha value is -2.36. The minimum atomic E-state index is -0.376. The summed E-state index contributed by atoms with van der Waals surface area (Å²) in [5, 5.41) is 13.8. The zero-order valence-corrected chi connectivity index (χ0v) is 22.5. The van der Waals surface area contributed by atoms with Crippen molar-refractivity contribution in [2.45, 2.75) is 51.1 Å². The largest absolute Gasteiger partial charge is 1.00 e. The van der Waals surface area contributed by atoms with Crippen molar-refractivity contribution >= 4 is 0 Å². The predicted octanol–water partition coefficient (Wildman–Crippen LogP) is 2.10. The third-order valence-corrected chi connectivity index (χ3v) is 5.74. The summed E-state index contributed by atoms with van der Waals surface area (Å²) in [6.07, 6.45) is 3.76. The van der Waals surface area contributed by atoms with Crippen molar-refractivity contribution in [3.63, 3.8) is 0 Å². The smallest absolute Gasteiger partial charge is 1.00 e. The van der Waals surface area contributed by atoms with E-state index in [1.807, 2.05) is 60.7 Å². The standard InChI is InChI=1S/C24H34N6O3.Na.H/c1-3-4-15-23(29(26-32)17-16-21-11-7-5-8-12-21)20-30(27-33)24(19-28(2)25-31)18-22-13-9-6-10-14-22;;/h5-14,23-24H,3-4,15-20H2,1-2H3;;/q;+1;-1/t23-,24+;;/m1../s1. The van der Waals surface area contributed by atoms with E-state index < -0.39 is 0 Å². The van der Waals surface area contributed by atoms with Gasteiger partial charge < -0.3 is 1.43 Å². The average molecular weight is 479 g/mol. The fraction of sp³-hybridized carbons (Fsp3) is 0.500. The maximum Gasteiger partial charge on any atom is 1.00 e. The minimum Gasteiger partial charge on any atom is -1.00 e. The van der Waals surface area contributed by atoms with Gasteiger partial charge in [-0.25, -0.2) is 0 Å². The number of hydrogen-bond acceptors (Lipinski definition) is 6. The van der Waals surface area contributed by atoms with Crippen LogP contribution in [-0.4, -0.2) is 53.8 Å². The van der Waals surface area contributed by atoms with Crippen LogP contribution in [0.4, 0.5) is 0 Å². The molecule has 34 heavy (non-hydrogen) atoms. The fourth-order valence-corrected chi connectivity index (χ4v) is 3.91. The molecular weight excluding hydrogens is 443 g/mol. The zero-order valence-electron chi connectivity index (χ0n) is 21.5. The number of unbranched alkanes of at least 4 members (excludes halogenated alkanes) is 1. The van der Waals surface area contributed by atoms with Crippen LogP contribution in [-0.2, 0) is 12.8 Å². The summed E-state index contributed by atoms with van der Waals surface area (Å²) >= 11 is 0. The van der Waals surface area contributed by atoms with Crippen LogP contribution < -0.4 is 29.6 Å².